The van der Waals surface area contributed by atoms with Gasteiger partial charge in [0.25, 0.3) is 0 Å². The molecule has 3 heterocycles. The summed E-state index contributed by atoms with van der Waals surface area (Å²) in [5, 5.41) is 11.1. The van der Waals surface area contributed by atoms with E-state index < -0.39 is 6.10 Å². The van der Waals surface area contributed by atoms with Crippen LogP contribution in [-0.2, 0) is 17.7 Å². The monoisotopic (exact) mass is 417 g/mol. The highest BCUT2D eigenvalue weighted by molar-refractivity contribution is 5.38. The van der Waals surface area contributed by atoms with Gasteiger partial charge in [0.05, 0.1) is 11.8 Å². The predicted molar refractivity (Wildman–Crippen MR) is 121 cm³/mol. The van der Waals surface area contributed by atoms with E-state index in [2.05, 4.69) is 47.7 Å². The van der Waals surface area contributed by atoms with E-state index in [-0.39, 0.29) is 12.2 Å². The molecule has 5 heteroatoms. The van der Waals surface area contributed by atoms with Crippen LogP contribution in [-0.4, -0.2) is 45.8 Å². The van der Waals surface area contributed by atoms with Crippen molar-refractivity contribution in [1.29, 1.82) is 0 Å². The maximum atomic E-state index is 11.1. The molecule has 1 saturated heterocycles. The maximum Gasteiger partial charge on any atom is 0.143 e. The van der Waals surface area contributed by atoms with Crippen molar-refractivity contribution in [3.05, 3.63) is 88.5 Å². The van der Waals surface area contributed by atoms with E-state index in [0.717, 1.165) is 61.7 Å². The summed E-state index contributed by atoms with van der Waals surface area (Å²) >= 11 is 0. The van der Waals surface area contributed by atoms with Crippen LogP contribution < -0.4 is 0 Å². The average Bonchev–Trinajstić information content (AvgIpc) is 3.04. The van der Waals surface area contributed by atoms with Crippen LogP contribution in [0.5, 0.6) is 0 Å². The molecule has 0 amide bonds. The number of hydrogen-bond acceptors (Lipinski definition) is 4. The van der Waals surface area contributed by atoms with Crippen LogP contribution >= 0.6 is 0 Å². The van der Waals surface area contributed by atoms with Crippen molar-refractivity contribution < 1.29 is 9.84 Å². The average molecular weight is 418 g/mol. The third-order valence-electron chi connectivity index (χ3n) is 6.83. The van der Waals surface area contributed by atoms with E-state index in [0.29, 0.717) is 0 Å². The molecule has 5 rings (SSSR count). The Morgan fingerprint density at radius 1 is 1.00 bits per heavy atom. The van der Waals surface area contributed by atoms with Crippen molar-refractivity contribution in [3.8, 4) is 0 Å². The van der Waals surface area contributed by atoms with Gasteiger partial charge < -0.3 is 19.3 Å². The Morgan fingerprint density at radius 3 is 2.48 bits per heavy atom. The molecule has 2 aliphatic rings. The van der Waals surface area contributed by atoms with Crippen molar-refractivity contribution in [3.63, 3.8) is 0 Å². The molecule has 2 aliphatic heterocycles. The number of benzene rings is 2. The number of aliphatic hydroxyl groups is 1. The predicted octanol–water partition coefficient (Wildman–Crippen LogP) is 4.03. The first kappa shape index (κ1) is 20.4. The van der Waals surface area contributed by atoms with E-state index in [1.54, 1.807) is 0 Å². The molecular weight excluding hydrogens is 386 g/mol. The summed E-state index contributed by atoms with van der Waals surface area (Å²) in [6, 6.07) is 18.4. The van der Waals surface area contributed by atoms with Gasteiger partial charge in [0.15, 0.2) is 0 Å². The number of ether oxygens (including phenoxy) is 1. The normalized spacial score (nSPS) is 20.7. The zero-order valence-corrected chi connectivity index (χ0v) is 18.4. The van der Waals surface area contributed by atoms with Crippen LogP contribution in [0.25, 0.3) is 0 Å². The standard InChI is InChI=1S/C26H31N3O2/c1-18-23(24(30)20-9-4-3-5-10-20)27-26-25(31-21-13-15-28(2)16-14-21)22-11-7-6-8-19(22)12-17-29(18)26/h3-11,21,24-25,30H,12-17H2,1-2H3. The summed E-state index contributed by atoms with van der Waals surface area (Å²) in [4.78, 5) is 7.39. The number of fused-ring (bicyclic) bond motifs is 2. The topological polar surface area (TPSA) is 50.5 Å². The van der Waals surface area contributed by atoms with Gasteiger partial charge in [0.1, 0.15) is 18.0 Å². The van der Waals surface area contributed by atoms with E-state index in [1.165, 1.54) is 11.1 Å². The lowest BCUT2D eigenvalue weighted by molar-refractivity contribution is -0.0277. The van der Waals surface area contributed by atoms with Gasteiger partial charge in [-0.1, -0.05) is 54.6 Å². The Morgan fingerprint density at radius 2 is 1.71 bits per heavy atom. The Labute approximate surface area is 184 Å². The summed E-state index contributed by atoms with van der Waals surface area (Å²) in [5.74, 6) is 0.923. The summed E-state index contributed by atoms with van der Waals surface area (Å²) in [5.41, 5.74) is 5.17. The van der Waals surface area contributed by atoms with Gasteiger partial charge in [0.2, 0.25) is 0 Å². The van der Waals surface area contributed by atoms with Crippen molar-refractivity contribution in [2.24, 2.45) is 0 Å². The molecule has 31 heavy (non-hydrogen) atoms. The number of nitrogens with zero attached hydrogens (tertiary/aromatic N) is 3. The van der Waals surface area contributed by atoms with Crippen LogP contribution in [0.3, 0.4) is 0 Å². The number of likely N-dealkylation sites (tertiary alicyclic amines) is 1. The quantitative estimate of drug-likeness (QED) is 0.696. The van der Waals surface area contributed by atoms with Gasteiger partial charge in [-0.3, -0.25) is 0 Å². The van der Waals surface area contributed by atoms with Gasteiger partial charge in [-0.05, 0) is 49.9 Å². The highest BCUT2D eigenvalue weighted by Gasteiger charge is 2.33. The molecule has 1 aromatic heterocycles. The second-order valence-electron chi connectivity index (χ2n) is 8.87. The molecule has 1 fully saturated rings. The molecule has 162 valence electrons. The van der Waals surface area contributed by atoms with Crippen molar-refractivity contribution in [1.82, 2.24) is 14.5 Å². The minimum absolute atomic E-state index is 0.206. The van der Waals surface area contributed by atoms with Crippen LogP contribution in [0, 0.1) is 6.92 Å². The largest absolute Gasteiger partial charge is 0.382 e. The van der Waals surface area contributed by atoms with Gasteiger partial charge in [-0.15, -0.1) is 0 Å². The fourth-order valence-electron chi connectivity index (χ4n) is 4.95. The van der Waals surface area contributed by atoms with E-state index in [9.17, 15) is 5.11 Å². The van der Waals surface area contributed by atoms with Crippen LogP contribution in [0.4, 0.5) is 0 Å². The van der Waals surface area contributed by atoms with Gasteiger partial charge in [0, 0.05) is 25.3 Å². The molecule has 2 unspecified atom stereocenters. The summed E-state index contributed by atoms with van der Waals surface area (Å²) in [6.45, 7) is 5.04. The van der Waals surface area contributed by atoms with Crippen LogP contribution in [0.2, 0.25) is 0 Å². The van der Waals surface area contributed by atoms with E-state index >= 15 is 0 Å². The lowest BCUT2D eigenvalue weighted by atomic mass is 9.99. The van der Waals surface area contributed by atoms with Crippen LogP contribution in [0.15, 0.2) is 54.6 Å². The summed E-state index contributed by atoms with van der Waals surface area (Å²) < 4.78 is 9.04. The van der Waals surface area contributed by atoms with E-state index in [1.807, 2.05) is 30.3 Å². The molecule has 0 aliphatic carbocycles. The molecule has 0 spiro atoms. The van der Waals surface area contributed by atoms with E-state index in [4.69, 9.17) is 9.72 Å². The number of aromatic nitrogens is 2. The first-order valence-corrected chi connectivity index (χ1v) is 11.3. The van der Waals surface area contributed by atoms with Crippen molar-refractivity contribution in [2.45, 2.75) is 51.0 Å². The Hall–Kier alpha value is -2.47. The molecule has 3 aromatic rings. The first-order chi connectivity index (χ1) is 15.1. The van der Waals surface area contributed by atoms with Crippen molar-refractivity contribution >= 4 is 0 Å². The third-order valence-corrected chi connectivity index (χ3v) is 6.83. The second-order valence-corrected chi connectivity index (χ2v) is 8.87. The number of hydrogen-bond donors (Lipinski definition) is 1. The maximum absolute atomic E-state index is 11.1. The molecule has 1 N–H and O–H groups in total. The van der Waals surface area contributed by atoms with Gasteiger partial charge in [-0.25, -0.2) is 4.98 Å². The summed E-state index contributed by atoms with van der Waals surface area (Å²) in [6.07, 6.45) is 2.29. The van der Waals surface area contributed by atoms with Gasteiger partial charge in [-0.2, -0.15) is 0 Å². The molecule has 5 nitrogen and oxygen atoms in total. The number of aliphatic hydroxyl groups excluding tert-OH is 1. The first-order valence-electron chi connectivity index (χ1n) is 11.3. The molecule has 0 bridgehead atoms. The minimum atomic E-state index is -0.736. The third kappa shape index (κ3) is 3.93. The number of imidazole rings is 1. The zero-order valence-electron chi connectivity index (χ0n) is 18.4. The highest BCUT2D eigenvalue weighted by Crippen LogP contribution is 2.37. The Kier molecular flexibility index (Phi) is 5.65. The Bertz CT molecular complexity index is 1040. The SMILES string of the molecule is Cc1c(C(O)c2ccccc2)nc2n1CCc1ccccc1C2OC1CCN(C)CC1. The van der Waals surface area contributed by atoms with Crippen molar-refractivity contribution in [2.75, 3.05) is 20.1 Å². The highest BCUT2D eigenvalue weighted by atomic mass is 16.5. The molecule has 0 radical (unpaired) electrons. The number of piperidine rings is 1. The lowest BCUT2D eigenvalue weighted by Gasteiger charge is -2.32. The molecule has 2 aromatic carbocycles. The lowest BCUT2D eigenvalue weighted by Crippen LogP contribution is -2.35. The minimum Gasteiger partial charge on any atom is -0.382 e. The fraction of sp³-hybridized carbons (Fsp3) is 0.423. The summed E-state index contributed by atoms with van der Waals surface area (Å²) in [7, 11) is 2.17. The smallest absolute Gasteiger partial charge is 0.143 e. The fourth-order valence-corrected chi connectivity index (χ4v) is 4.95. The molecule has 2 atom stereocenters. The molecule has 0 saturated carbocycles. The molecular formula is C26H31N3O2. The Balaban J connectivity index is 1.54. The van der Waals surface area contributed by atoms with Crippen LogP contribution in [0.1, 0.15) is 59.0 Å². The number of aryl methyl sites for hydroxylation is 1. The second kappa shape index (κ2) is 8.58. The zero-order chi connectivity index (χ0) is 21.4. The number of rotatable bonds is 4. The van der Waals surface area contributed by atoms with Gasteiger partial charge >= 0.3 is 0 Å².